The molecule has 3 heteroatoms. The lowest BCUT2D eigenvalue weighted by Crippen LogP contribution is -2.19. The number of rotatable bonds is 2. The van der Waals surface area contributed by atoms with Gasteiger partial charge in [0.05, 0.1) is 19.1 Å². The van der Waals surface area contributed by atoms with Crippen LogP contribution in [0.25, 0.3) is 0 Å². The Kier molecular flexibility index (Phi) is 2.68. The molecule has 1 rings (SSSR count). The molecule has 1 aliphatic rings. The van der Waals surface area contributed by atoms with Crippen LogP contribution in [0, 0.1) is 0 Å². The van der Waals surface area contributed by atoms with Crippen molar-refractivity contribution in [1.82, 2.24) is 0 Å². The van der Waals surface area contributed by atoms with Crippen LogP contribution in [-0.4, -0.2) is 19.1 Å². The number of halogens is 1. The molecule has 2 nitrogen and oxygen atoms in total. The summed E-state index contributed by atoms with van der Waals surface area (Å²) >= 11 is 6.14. The Morgan fingerprint density at radius 1 is 1.42 bits per heavy atom. The Morgan fingerprint density at radius 2 is 2.08 bits per heavy atom. The molecule has 0 aromatic heterocycles. The first-order valence-corrected chi connectivity index (χ1v) is 4.15. The van der Waals surface area contributed by atoms with Crippen LogP contribution in [-0.2, 0) is 9.47 Å². The molecule has 1 atom stereocenters. The minimum absolute atomic E-state index is 0.383. The monoisotopic (exact) mass is 188 g/mol. The number of hydrogen-bond acceptors (Lipinski definition) is 2. The Morgan fingerprint density at radius 3 is 2.58 bits per heavy atom. The van der Waals surface area contributed by atoms with Crippen LogP contribution in [0.3, 0.4) is 0 Å². The summed E-state index contributed by atoms with van der Waals surface area (Å²) in [6, 6.07) is 0. The molecule has 0 N–H and O–H groups in total. The third-order valence-corrected chi connectivity index (χ3v) is 2.01. The summed E-state index contributed by atoms with van der Waals surface area (Å²) in [5, 5.41) is 0. The van der Waals surface area contributed by atoms with Crippen molar-refractivity contribution in [3.63, 3.8) is 0 Å². The van der Waals surface area contributed by atoms with E-state index in [2.05, 4.69) is 0 Å². The van der Waals surface area contributed by atoms with Crippen LogP contribution in [0.15, 0.2) is 23.7 Å². The highest BCUT2D eigenvalue weighted by Gasteiger charge is 2.25. The molecule has 0 amide bonds. The Labute approximate surface area is 77.8 Å². The average Bonchev–Trinajstić information content (AvgIpc) is 2.01. The third-order valence-electron chi connectivity index (χ3n) is 1.76. The molecular weight excluding hydrogens is 176 g/mol. The highest BCUT2D eigenvalue weighted by atomic mass is 35.5. The lowest BCUT2D eigenvalue weighted by Gasteiger charge is -2.24. The molecule has 0 heterocycles. The van der Waals surface area contributed by atoms with E-state index in [0.717, 1.165) is 11.5 Å². The summed E-state index contributed by atoms with van der Waals surface area (Å²) in [5.74, 6) is 1.61. The van der Waals surface area contributed by atoms with Crippen molar-refractivity contribution in [2.45, 2.75) is 18.2 Å². The van der Waals surface area contributed by atoms with E-state index in [9.17, 15) is 0 Å². The van der Waals surface area contributed by atoms with Gasteiger partial charge in [0.25, 0.3) is 0 Å². The molecule has 0 aliphatic heterocycles. The van der Waals surface area contributed by atoms with Gasteiger partial charge in [-0.25, -0.2) is 0 Å². The highest BCUT2D eigenvalue weighted by molar-refractivity contribution is 6.25. The molecule has 0 saturated heterocycles. The minimum Gasteiger partial charge on any atom is -0.501 e. The van der Waals surface area contributed by atoms with Gasteiger partial charge in [0.1, 0.15) is 11.5 Å². The van der Waals surface area contributed by atoms with Crippen molar-refractivity contribution >= 4 is 11.6 Å². The second-order valence-electron chi connectivity index (χ2n) is 3.02. The number of allylic oxidation sites excluding steroid dienone is 3. The van der Waals surface area contributed by atoms with Gasteiger partial charge in [0.2, 0.25) is 0 Å². The predicted molar refractivity (Wildman–Crippen MR) is 49.1 cm³/mol. The van der Waals surface area contributed by atoms with Gasteiger partial charge in [-0.15, -0.1) is 11.6 Å². The van der Waals surface area contributed by atoms with Crippen molar-refractivity contribution in [3.8, 4) is 0 Å². The molecule has 0 spiro atoms. The van der Waals surface area contributed by atoms with Crippen molar-refractivity contribution in [3.05, 3.63) is 23.7 Å². The van der Waals surface area contributed by atoms with E-state index in [1.165, 1.54) is 0 Å². The van der Waals surface area contributed by atoms with E-state index < -0.39 is 0 Å². The first-order chi connectivity index (χ1) is 5.57. The van der Waals surface area contributed by atoms with E-state index >= 15 is 0 Å². The molecule has 0 aromatic carbocycles. The summed E-state index contributed by atoms with van der Waals surface area (Å²) in [6.07, 6.45) is 4.44. The Balaban J connectivity index is 2.86. The van der Waals surface area contributed by atoms with E-state index in [1.807, 2.05) is 19.1 Å². The molecule has 1 aliphatic carbocycles. The fraction of sp³-hybridized carbons (Fsp3) is 0.556. The number of hydrogen-bond donors (Lipinski definition) is 0. The zero-order valence-electron chi connectivity index (χ0n) is 7.56. The zero-order valence-corrected chi connectivity index (χ0v) is 8.31. The molecule has 12 heavy (non-hydrogen) atoms. The first-order valence-electron chi connectivity index (χ1n) is 3.78. The van der Waals surface area contributed by atoms with Gasteiger partial charge in [-0.2, -0.15) is 0 Å². The Bertz CT molecular complexity index is 229. The fourth-order valence-electron chi connectivity index (χ4n) is 1.19. The molecule has 1 unspecified atom stereocenters. The molecular formula is C9H13ClO2. The highest BCUT2D eigenvalue weighted by Crippen LogP contribution is 2.31. The van der Waals surface area contributed by atoms with E-state index in [4.69, 9.17) is 21.1 Å². The quantitative estimate of drug-likeness (QED) is 0.620. The maximum Gasteiger partial charge on any atom is 0.119 e. The molecule has 0 saturated carbocycles. The zero-order chi connectivity index (χ0) is 9.19. The van der Waals surface area contributed by atoms with Gasteiger partial charge >= 0.3 is 0 Å². The SMILES string of the molecule is COC1=CC(C)(Cl)CC(OC)=C1. The third kappa shape index (κ3) is 2.18. The van der Waals surface area contributed by atoms with E-state index in [0.29, 0.717) is 6.42 Å². The van der Waals surface area contributed by atoms with Crippen molar-refractivity contribution in [2.75, 3.05) is 14.2 Å². The van der Waals surface area contributed by atoms with Crippen molar-refractivity contribution in [1.29, 1.82) is 0 Å². The second-order valence-corrected chi connectivity index (χ2v) is 3.88. The summed E-state index contributed by atoms with van der Waals surface area (Å²) < 4.78 is 10.2. The number of methoxy groups -OCH3 is 2. The predicted octanol–water partition coefficient (Wildman–Crippen LogP) is 2.45. The largest absolute Gasteiger partial charge is 0.501 e. The van der Waals surface area contributed by atoms with Crippen molar-refractivity contribution in [2.24, 2.45) is 0 Å². The van der Waals surface area contributed by atoms with E-state index in [-0.39, 0.29) is 4.87 Å². The smallest absolute Gasteiger partial charge is 0.119 e. The van der Waals surface area contributed by atoms with Gasteiger partial charge < -0.3 is 9.47 Å². The number of ether oxygens (including phenoxy) is 2. The van der Waals surface area contributed by atoms with Gasteiger partial charge in [-0.1, -0.05) is 0 Å². The van der Waals surface area contributed by atoms with Gasteiger partial charge in [-0.05, 0) is 13.0 Å². The first kappa shape index (κ1) is 9.46. The van der Waals surface area contributed by atoms with Crippen LogP contribution in [0.2, 0.25) is 0 Å². The van der Waals surface area contributed by atoms with Crippen LogP contribution >= 0.6 is 11.6 Å². The number of alkyl halides is 1. The van der Waals surface area contributed by atoms with Crippen LogP contribution in [0.1, 0.15) is 13.3 Å². The maximum absolute atomic E-state index is 6.14. The maximum atomic E-state index is 6.14. The van der Waals surface area contributed by atoms with Crippen LogP contribution in [0.4, 0.5) is 0 Å². The topological polar surface area (TPSA) is 18.5 Å². The van der Waals surface area contributed by atoms with Crippen LogP contribution < -0.4 is 0 Å². The normalized spacial score (nSPS) is 29.0. The van der Waals surface area contributed by atoms with Gasteiger partial charge in [0, 0.05) is 12.5 Å². The van der Waals surface area contributed by atoms with Gasteiger partial charge in [-0.3, -0.25) is 0 Å². The standard InChI is InChI=1S/C9H13ClO2/c1-9(10)5-7(11-2)4-8(6-9)12-3/h4-5H,6H2,1-3H3. The summed E-state index contributed by atoms with van der Waals surface area (Å²) in [7, 11) is 3.26. The van der Waals surface area contributed by atoms with Gasteiger partial charge in [0.15, 0.2) is 0 Å². The Hall–Kier alpha value is -0.630. The van der Waals surface area contributed by atoms with Crippen molar-refractivity contribution < 1.29 is 9.47 Å². The fourth-order valence-corrected chi connectivity index (χ4v) is 1.43. The lowest BCUT2D eigenvalue weighted by atomic mass is 10.00. The lowest BCUT2D eigenvalue weighted by molar-refractivity contribution is 0.250. The minimum atomic E-state index is -0.383. The van der Waals surface area contributed by atoms with E-state index in [1.54, 1.807) is 14.2 Å². The summed E-state index contributed by atoms with van der Waals surface area (Å²) in [5.41, 5.74) is 0. The average molecular weight is 189 g/mol. The second kappa shape index (κ2) is 3.40. The summed E-state index contributed by atoms with van der Waals surface area (Å²) in [4.78, 5) is -0.383. The molecule has 0 radical (unpaired) electrons. The van der Waals surface area contributed by atoms with Crippen LogP contribution in [0.5, 0.6) is 0 Å². The molecule has 0 aromatic rings. The molecule has 68 valence electrons. The summed E-state index contributed by atoms with van der Waals surface area (Å²) in [6.45, 7) is 1.93. The molecule has 0 fully saturated rings. The molecule has 0 bridgehead atoms.